The summed E-state index contributed by atoms with van der Waals surface area (Å²) < 4.78 is 1.64. The van der Waals surface area contributed by atoms with Crippen molar-refractivity contribution in [2.45, 2.75) is 57.8 Å². The lowest BCUT2D eigenvalue weighted by atomic mass is 9.96. The van der Waals surface area contributed by atoms with Gasteiger partial charge in [0.2, 0.25) is 0 Å². The van der Waals surface area contributed by atoms with Gasteiger partial charge in [0.25, 0.3) is 5.56 Å². The third-order valence-corrected chi connectivity index (χ3v) is 8.21. The fourth-order valence-corrected chi connectivity index (χ4v) is 6.24. The molecule has 182 valence electrons. The number of pyridine rings is 2. The van der Waals surface area contributed by atoms with Crippen LogP contribution in [-0.2, 0) is 20.0 Å². The van der Waals surface area contributed by atoms with E-state index in [0.29, 0.717) is 18.1 Å². The molecule has 3 atom stereocenters. The van der Waals surface area contributed by atoms with Gasteiger partial charge in [0.15, 0.2) is 0 Å². The highest BCUT2D eigenvalue weighted by molar-refractivity contribution is 5.89. The number of anilines is 1. The van der Waals surface area contributed by atoms with E-state index >= 15 is 0 Å². The number of benzene rings is 1. The van der Waals surface area contributed by atoms with Crippen LogP contribution in [0.1, 0.15) is 49.4 Å². The van der Waals surface area contributed by atoms with Gasteiger partial charge in [-0.3, -0.25) is 14.3 Å². The van der Waals surface area contributed by atoms with Crippen molar-refractivity contribution in [3.05, 3.63) is 81.3 Å². The lowest BCUT2D eigenvalue weighted by Gasteiger charge is -2.43. The van der Waals surface area contributed by atoms with E-state index in [1.807, 2.05) is 6.07 Å². The Balaban J connectivity index is 1.28. The average Bonchev–Trinajstić information content (AvgIpc) is 3.10. The zero-order valence-corrected chi connectivity index (χ0v) is 21.0. The predicted molar refractivity (Wildman–Crippen MR) is 142 cm³/mol. The van der Waals surface area contributed by atoms with Crippen molar-refractivity contribution in [3.63, 3.8) is 0 Å². The third kappa shape index (κ3) is 4.09. The second-order valence-corrected chi connectivity index (χ2v) is 10.7. The van der Waals surface area contributed by atoms with Gasteiger partial charge in [-0.2, -0.15) is 0 Å². The number of hydrogen-bond donors (Lipinski definition) is 1. The van der Waals surface area contributed by atoms with Crippen molar-refractivity contribution < 1.29 is 0 Å². The first-order valence-corrected chi connectivity index (χ1v) is 13.0. The highest BCUT2D eigenvalue weighted by Crippen LogP contribution is 2.41. The molecule has 0 saturated carbocycles. The van der Waals surface area contributed by atoms with Crippen LogP contribution in [0.25, 0.3) is 11.0 Å². The summed E-state index contributed by atoms with van der Waals surface area (Å²) in [4.78, 5) is 22.3. The normalized spacial score (nSPS) is 24.7. The Morgan fingerprint density at radius 1 is 1.14 bits per heavy atom. The topological polar surface area (TPSA) is 53.4 Å². The number of nitrogens with zero attached hydrogens (tertiary/aromatic N) is 4. The molecule has 0 aliphatic carbocycles. The van der Waals surface area contributed by atoms with Crippen molar-refractivity contribution in [1.82, 2.24) is 19.8 Å². The zero-order chi connectivity index (χ0) is 24.1. The predicted octanol–water partition coefficient (Wildman–Crippen LogP) is 3.94. The third-order valence-electron chi connectivity index (χ3n) is 8.21. The molecule has 1 N–H and O–H groups in total. The molecule has 3 aliphatic heterocycles. The summed E-state index contributed by atoms with van der Waals surface area (Å²) in [6, 6.07) is 14.3. The van der Waals surface area contributed by atoms with Crippen LogP contribution >= 0.6 is 0 Å². The first-order valence-electron chi connectivity index (χ1n) is 13.0. The molecule has 3 aliphatic rings. The van der Waals surface area contributed by atoms with Gasteiger partial charge >= 0.3 is 0 Å². The fourth-order valence-electron chi connectivity index (χ4n) is 6.24. The largest absolute Gasteiger partial charge is 0.367 e. The van der Waals surface area contributed by atoms with E-state index in [1.165, 1.54) is 16.7 Å². The summed E-state index contributed by atoms with van der Waals surface area (Å²) in [6.07, 6.45) is 7.53. The Bertz CT molecular complexity index is 1360. The minimum Gasteiger partial charge on any atom is -0.367 e. The van der Waals surface area contributed by atoms with Gasteiger partial charge in [-0.25, -0.2) is 4.98 Å². The Labute approximate surface area is 207 Å². The van der Waals surface area contributed by atoms with E-state index < -0.39 is 0 Å². The average molecular weight is 470 g/mol. The van der Waals surface area contributed by atoms with E-state index in [0.717, 1.165) is 62.2 Å². The van der Waals surface area contributed by atoms with Crippen molar-refractivity contribution in [2.75, 3.05) is 24.5 Å². The summed E-state index contributed by atoms with van der Waals surface area (Å²) in [5.41, 5.74) is 7.66. The number of nitrogens with one attached hydrogen (secondary N) is 1. The maximum atomic E-state index is 12.7. The fraction of sp³-hybridized carbons (Fsp3) is 0.448. The van der Waals surface area contributed by atoms with Crippen LogP contribution < -0.4 is 15.8 Å². The Morgan fingerprint density at radius 2 is 2.03 bits per heavy atom. The molecule has 1 aromatic carbocycles. The van der Waals surface area contributed by atoms with Crippen LogP contribution in [0, 0.1) is 0 Å². The van der Waals surface area contributed by atoms with Gasteiger partial charge in [-0.1, -0.05) is 29.8 Å². The summed E-state index contributed by atoms with van der Waals surface area (Å²) in [5, 5.41) is 4.63. The molecular formula is C29H35N5O. The lowest BCUT2D eigenvalue weighted by molar-refractivity contribution is 0.134. The summed E-state index contributed by atoms with van der Waals surface area (Å²) >= 11 is 0. The molecule has 0 radical (unpaired) electrons. The van der Waals surface area contributed by atoms with Gasteiger partial charge in [-0.15, -0.1) is 0 Å². The first kappa shape index (κ1) is 22.5. The number of rotatable bonds is 3. The van der Waals surface area contributed by atoms with Crippen molar-refractivity contribution in [3.8, 4) is 0 Å². The molecule has 6 heteroatoms. The van der Waals surface area contributed by atoms with E-state index in [4.69, 9.17) is 0 Å². The molecule has 0 spiro atoms. The summed E-state index contributed by atoms with van der Waals surface area (Å²) in [5.74, 6) is 0. The number of piperazine rings is 1. The first-order chi connectivity index (χ1) is 17.0. The molecule has 0 amide bonds. The van der Waals surface area contributed by atoms with Crippen LogP contribution in [0.4, 0.5) is 5.69 Å². The molecule has 5 heterocycles. The molecular weight excluding hydrogens is 434 g/mol. The summed E-state index contributed by atoms with van der Waals surface area (Å²) in [7, 11) is 1.80. The van der Waals surface area contributed by atoms with Crippen LogP contribution in [0.3, 0.4) is 0 Å². The van der Waals surface area contributed by atoms with Gasteiger partial charge in [0.1, 0.15) is 5.65 Å². The highest BCUT2D eigenvalue weighted by Gasteiger charge is 2.39. The second kappa shape index (κ2) is 8.92. The molecule has 1 fully saturated rings. The minimum absolute atomic E-state index is 0.00448. The zero-order valence-electron chi connectivity index (χ0n) is 21.0. The lowest BCUT2D eigenvalue weighted by Crippen LogP contribution is -2.51. The molecule has 6 rings (SSSR count). The van der Waals surface area contributed by atoms with E-state index in [2.05, 4.69) is 64.3 Å². The Kier molecular flexibility index (Phi) is 5.73. The van der Waals surface area contributed by atoms with Crippen molar-refractivity contribution in [2.24, 2.45) is 7.05 Å². The van der Waals surface area contributed by atoms with E-state index in [1.54, 1.807) is 29.5 Å². The van der Waals surface area contributed by atoms with Crippen molar-refractivity contribution in [1.29, 1.82) is 0 Å². The van der Waals surface area contributed by atoms with Gasteiger partial charge in [0, 0.05) is 56.4 Å². The molecule has 0 unspecified atom stereocenters. The number of aryl methyl sites for hydroxylation is 1. The number of fused-ring (bicyclic) bond motifs is 4. The maximum absolute atomic E-state index is 12.7. The van der Waals surface area contributed by atoms with E-state index in [-0.39, 0.29) is 5.56 Å². The minimum atomic E-state index is -0.00448. The van der Waals surface area contributed by atoms with E-state index in [9.17, 15) is 4.79 Å². The Morgan fingerprint density at radius 3 is 2.91 bits per heavy atom. The number of aromatic nitrogens is 2. The van der Waals surface area contributed by atoms with Crippen LogP contribution in [0.2, 0.25) is 0 Å². The SMILES string of the molecule is C[C@@H]1CN(c2cc(=O)n(C)c3ncccc23)C[C@@H]2c3ccc(CC4=CC[C@H](C)NCC4)cc3CN12. The molecule has 6 nitrogen and oxygen atoms in total. The maximum Gasteiger partial charge on any atom is 0.253 e. The van der Waals surface area contributed by atoms with Gasteiger partial charge in [0.05, 0.1) is 11.7 Å². The molecule has 2 aromatic heterocycles. The van der Waals surface area contributed by atoms with Gasteiger partial charge in [-0.05, 0) is 68.5 Å². The molecule has 1 saturated heterocycles. The standard InChI is InChI=1S/C29H35N5O/c1-19-6-7-21(10-12-30-19)13-22-8-9-24-23(14-22)17-34-20(2)16-33(18-27(24)34)26-15-28(35)32(3)29-25(26)5-4-11-31-29/h4-5,7-9,11,14-15,19-20,27,30H,6,10,12-13,16-18H2,1-3H3/t19-,20+,27+/m0/s1. The van der Waals surface area contributed by atoms with Crippen LogP contribution in [0.15, 0.2) is 59.0 Å². The van der Waals surface area contributed by atoms with Crippen LogP contribution in [-0.4, -0.2) is 46.2 Å². The second-order valence-electron chi connectivity index (χ2n) is 10.7. The smallest absolute Gasteiger partial charge is 0.253 e. The van der Waals surface area contributed by atoms with Crippen molar-refractivity contribution >= 4 is 16.7 Å². The monoisotopic (exact) mass is 469 g/mol. The quantitative estimate of drug-likeness (QED) is 0.589. The molecule has 3 aromatic rings. The molecule has 35 heavy (non-hydrogen) atoms. The number of hydrogen-bond acceptors (Lipinski definition) is 5. The summed E-state index contributed by atoms with van der Waals surface area (Å²) in [6.45, 7) is 8.47. The molecule has 0 bridgehead atoms. The Hall–Kier alpha value is -2.96. The van der Waals surface area contributed by atoms with Gasteiger partial charge < -0.3 is 10.2 Å². The highest BCUT2D eigenvalue weighted by atomic mass is 16.1. The van der Waals surface area contributed by atoms with Crippen LogP contribution in [0.5, 0.6) is 0 Å².